The van der Waals surface area contributed by atoms with Gasteiger partial charge in [-0.1, -0.05) is 109 Å². The Hall–Kier alpha value is -1.51. The van der Waals surface area contributed by atoms with Crippen LogP contribution in [0.15, 0.2) is 24.3 Å². The van der Waals surface area contributed by atoms with Crippen LogP contribution >= 0.6 is 7.82 Å². The number of nitrogens with two attached hydrogens (primary N) is 1. The first-order chi connectivity index (χ1) is 20.8. The largest absolute Gasteiger partial charge is 0.472 e. The SMILES string of the molecule is CCCCCCC/C=C\C/C=C\CCCCCCCCCCCC(=O)OC(COC(=O)CCC)COP(=O)(O)OCCN. The molecule has 2 unspecified atom stereocenters. The highest BCUT2D eigenvalue weighted by Gasteiger charge is 2.25. The number of esters is 2. The molecule has 0 spiro atoms. The maximum absolute atomic E-state index is 12.3. The molecule has 0 aliphatic rings. The summed E-state index contributed by atoms with van der Waals surface area (Å²) in [5.74, 6) is -0.896. The third-order valence-corrected chi connectivity index (χ3v) is 7.79. The monoisotopic (exact) mass is 631 g/mol. The van der Waals surface area contributed by atoms with E-state index in [1.807, 2.05) is 6.92 Å². The van der Waals surface area contributed by atoms with E-state index in [0.29, 0.717) is 12.8 Å². The summed E-state index contributed by atoms with van der Waals surface area (Å²) < 4.78 is 31.9. The number of hydrogen-bond donors (Lipinski definition) is 2. The van der Waals surface area contributed by atoms with Gasteiger partial charge in [-0.05, 0) is 44.9 Å². The summed E-state index contributed by atoms with van der Waals surface area (Å²) in [6.45, 7) is 3.31. The number of carbonyl (C=O) groups excluding carboxylic acids is 2. The lowest BCUT2D eigenvalue weighted by Crippen LogP contribution is -2.29. The molecule has 43 heavy (non-hydrogen) atoms. The molecule has 10 heteroatoms. The van der Waals surface area contributed by atoms with Crippen molar-refractivity contribution >= 4 is 19.8 Å². The van der Waals surface area contributed by atoms with Gasteiger partial charge in [0.15, 0.2) is 6.10 Å². The average molecular weight is 632 g/mol. The zero-order valence-corrected chi connectivity index (χ0v) is 28.1. The zero-order chi connectivity index (χ0) is 31.9. The number of hydrogen-bond acceptors (Lipinski definition) is 8. The van der Waals surface area contributed by atoms with E-state index in [9.17, 15) is 19.0 Å². The molecule has 0 saturated heterocycles. The van der Waals surface area contributed by atoms with Gasteiger partial charge in [-0.25, -0.2) is 4.57 Å². The number of rotatable bonds is 31. The van der Waals surface area contributed by atoms with Crippen LogP contribution in [0.1, 0.15) is 142 Å². The molecule has 0 fully saturated rings. The Balaban J connectivity index is 3.88. The minimum atomic E-state index is -4.34. The van der Waals surface area contributed by atoms with Gasteiger partial charge in [0.05, 0.1) is 13.2 Å². The zero-order valence-electron chi connectivity index (χ0n) is 27.2. The summed E-state index contributed by atoms with van der Waals surface area (Å²) in [6, 6.07) is 0. The van der Waals surface area contributed by atoms with Crippen molar-refractivity contribution in [3.8, 4) is 0 Å². The molecule has 0 aromatic carbocycles. The van der Waals surface area contributed by atoms with Crippen molar-refractivity contribution in [2.75, 3.05) is 26.4 Å². The van der Waals surface area contributed by atoms with Crippen LogP contribution in [-0.4, -0.2) is 49.3 Å². The van der Waals surface area contributed by atoms with Crippen LogP contribution in [0.3, 0.4) is 0 Å². The lowest BCUT2D eigenvalue weighted by Gasteiger charge is -2.19. The van der Waals surface area contributed by atoms with Gasteiger partial charge >= 0.3 is 19.8 Å². The lowest BCUT2D eigenvalue weighted by molar-refractivity contribution is -0.161. The van der Waals surface area contributed by atoms with Gasteiger partial charge in [-0.15, -0.1) is 0 Å². The molecule has 2 atom stereocenters. The van der Waals surface area contributed by atoms with Gasteiger partial charge < -0.3 is 20.1 Å². The van der Waals surface area contributed by atoms with E-state index >= 15 is 0 Å². The molecule has 0 aliphatic carbocycles. The van der Waals surface area contributed by atoms with Crippen molar-refractivity contribution < 1.29 is 37.6 Å². The molecule has 0 aromatic rings. The van der Waals surface area contributed by atoms with Crippen molar-refractivity contribution in [1.82, 2.24) is 0 Å². The van der Waals surface area contributed by atoms with E-state index in [1.54, 1.807) is 0 Å². The molecule has 0 radical (unpaired) electrons. The molecule has 3 N–H and O–H groups in total. The quantitative estimate of drug-likeness (QED) is 0.0334. The molecule has 0 rings (SSSR count). The standard InChI is InChI=1S/C33H62NO8P/c1-3-5-6-7-8-9-10-11-12-13-14-15-16-17-18-19-20-21-22-23-24-26-33(36)42-31(29-39-32(35)25-4-2)30-41-43(37,38)40-28-27-34/h10-11,13-14,31H,3-9,12,15-30,34H2,1-2H3,(H,37,38)/b11-10-,14-13-. The van der Waals surface area contributed by atoms with Crippen LogP contribution in [0, 0.1) is 0 Å². The second kappa shape index (κ2) is 30.5. The second-order valence-electron chi connectivity index (χ2n) is 11.0. The Morgan fingerprint density at radius 1 is 0.698 bits per heavy atom. The molecule has 0 amide bonds. The van der Waals surface area contributed by atoms with Crippen LogP contribution in [-0.2, 0) is 32.7 Å². The summed E-state index contributed by atoms with van der Waals surface area (Å²) in [4.78, 5) is 33.7. The van der Waals surface area contributed by atoms with Crippen molar-refractivity contribution in [3.63, 3.8) is 0 Å². The fraction of sp³-hybridized carbons (Fsp3) is 0.818. The number of allylic oxidation sites excluding steroid dienone is 4. The van der Waals surface area contributed by atoms with Crippen molar-refractivity contribution in [2.24, 2.45) is 5.73 Å². The lowest BCUT2D eigenvalue weighted by atomic mass is 10.1. The first-order valence-corrected chi connectivity index (χ1v) is 18.3. The Morgan fingerprint density at radius 3 is 1.81 bits per heavy atom. The predicted octanol–water partition coefficient (Wildman–Crippen LogP) is 8.49. The number of ether oxygens (including phenoxy) is 2. The third kappa shape index (κ3) is 30.3. The maximum Gasteiger partial charge on any atom is 0.472 e. The minimum Gasteiger partial charge on any atom is -0.462 e. The smallest absolute Gasteiger partial charge is 0.462 e. The highest BCUT2D eigenvalue weighted by Crippen LogP contribution is 2.43. The van der Waals surface area contributed by atoms with Crippen molar-refractivity contribution in [3.05, 3.63) is 24.3 Å². The molecule has 0 aliphatic heterocycles. The van der Waals surface area contributed by atoms with Crippen LogP contribution in [0.25, 0.3) is 0 Å². The summed E-state index contributed by atoms with van der Waals surface area (Å²) in [5, 5.41) is 0. The Morgan fingerprint density at radius 2 is 1.26 bits per heavy atom. The normalized spacial score (nSPS) is 13.9. The second-order valence-corrected chi connectivity index (χ2v) is 12.5. The molecule has 9 nitrogen and oxygen atoms in total. The number of phosphoric ester groups is 1. The fourth-order valence-corrected chi connectivity index (χ4v) is 5.11. The van der Waals surface area contributed by atoms with Crippen LogP contribution < -0.4 is 5.73 Å². The van der Waals surface area contributed by atoms with Gasteiger partial charge in [-0.3, -0.25) is 18.6 Å². The van der Waals surface area contributed by atoms with E-state index in [2.05, 4.69) is 35.8 Å². The number of carbonyl (C=O) groups is 2. The molecule has 0 bridgehead atoms. The van der Waals surface area contributed by atoms with E-state index in [-0.39, 0.29) is 32.6 Å². The van der Waals surface area contributed by atoms with Crippen LogP contribution in [0.5, 0.6) is 0 Å². The van der Waals surface area contributed by atoms with E-state index in [4.69, 9.17) is 19.7 Å². The van der Waals surface area contributed by atoms with Crippen LogP contribution in [0.2, 0.25) is 0 Å². The molecular formula is C33H62NO8P. The molecule has 0 aromatic heterocycles. The average Bonchev–Trinajstić information content (AvgIpc) is 2.98. The van der Waals surface area contributed by atoms with E-state index in [0.717, 1.165) is 32.1 Å². The summed E-state index contributed by atoms with van der Waals surface area (Å²) >= 11 is 0. The highest BCUT2D eigenvalue weighted by atomic mass is 31.2. The maximum atomic E-state index is 12.3. The molecule has 0 heterocycles. The third-order valence-electron chi connectivity index (χ3n) is 6.81. The summed E-state index contributed by atoms with van der Waals surface area (Å²) in [5.41, 5.74) is 5.27. The van der Waals surface area contributed by atoms with Gasteiger partial charge in [0, 0.05) is 19.4 Å². The molecule has 0 saturated carbocycles. The van der Waals surface area contributed by atoms with Gasteiger partial charge in [0.25, 0.3) is 0 Å². The van der Waals surface area contributed by atoms with E-state index < -0.39 is 32.5 Å². The molecule has 252 valence electrons. The number of unbranched alkanes of at least 4 members (excludes halogenated alkanes) is 14. The Labute approximate surface area is 261 Å². The minimum absolute atomic E-state index is 0.0522. The fourth-order valence-electron chi connectivity index (χ4n) is 4.35. The van der Waals surface area contributed by atoms with Gasteiger partial charge in [0.1, 0.15) is 6.61 Å². The molecular weight excluding hydrogens is 569 g/mol. The Bertz CT molecular complexity index is 774. The van der Waals surface area contributed by atoms with Crippen molar-refractivity contribution in [1.29, 1.82) is 0 Å². The van der Waals surface area contributed by atoms with E-state index in [1.165, 1.54) is 70.6 Å². The number of phosphoric acid groups is 1. The van der Waals surface area contributed by atoms with Gasteiger partial charge in [0.2, 0.25) is 0 Å². The first-order valence-electron chi connectivity index (χ1n) is 16.8. The van der Waals surface area contributed by atoms with Crippen molar-refractivity contribution in [2.45, 2.75) is 148 Å². The predicted molar refractivity (Wildman–Crippen MR) is 174 cm³/mol. The Kier molecular flexibility index (Phi) is 29.4. The summed E-state index contributed by atoms with van der Waals surface area (Å²) in [7, 11) is -4.34. The highest BCUT2D eigenvalue weighted by molar-refractivity contribution is 7.47. The van der Waals surface area contributed by atoms with Gasteiger partial charge in [-0.2, -0.15) is 0 Å². The van der Waals surface area contributed by atoms with Crippen LogP contribution in [0.4, 0.5) is 0 Å². The summed E-state index contributed by atoms with van der Waals surface area (Å²) in [6.07, 6.45) is 29.5. The topological polar surface area (TPSA) is 134 Å². The first kappa shape index (κ1) is 41.5.